The van der Waals surface area contributed by atoms with Crippen molar-refractivity contribution in [3.05, 3.63) is 23.3 Å². The Labute approximate surface area is 89.7 Å². The molecule has 4 heteroatoms. The standard InChI is InChI=1S/C11H16N2O2/c1-7-5-10(15-4)8(11(12)13-2)6-9(7)14-3/h5-6H,1-4H3,(H2,12,13). The van der Waals surface area contributed by atoms with E-state index in [0.717, 1.165) is 16.9 Å². The first-order valence-corrected chi connectivity index (χ1v) is 4.59. The van der Waals surface area contributed by atoms with Crippen LogP contribution in [0.15, 0.2) is 17.1 Å². The van der Waals surface area contributed by atoms with Crippen molar-refractivity contribution in [2.24, 2.45) is 10.7 Å². The summed E-state index contributed by atoms with van der Waals surface area (Å²) < 4.78 is 10.4. The second-order valence-corrected chi connectivity index (χ2v) is 3.13. The van der Waals surface area contributed by atoms with Gasteiger partial charge in [-0.15, -0.1) is 0 Å². The van der Waals surface area contributed by atoms with E-state index in [0.29, 0.717) is 11.6 Å². The van der Waals surface area contributed by atoms with Crippen molar-refractivity contribution in [3.63, 3.8) is 0 Å². The van der Waals surface area contributed by atoms with Crippen LogP contribution in [-0.4, -0.2) is 27.1 Å². The van der Waals surface area contributed by atoms with E-state index in [1.807, 2.05) is 19.1 Å². The number of nitrogens with zero attached hydrogens (tertiary/aromatic N) is 1. The summed E-state index contributed by atoms with van der Waals surface area (Å²) in [5, 5.41) is 0. The van der Waals surface area contributed by atoms with Crippen molar-refractivity contribution < 1.29 is 9.47 Å². The molecule has 0 saturated carbocycles. The van der Waals surface area contributed by atoms with E-state index in [2.05, 4.69) is 4.99 Å². The molecule has 1 aromatic rings. The van der Waals surface area contributed by atoms with Crippen LogP contribution in [0.25, 0.3) is 0 Å². The van der Waals surface area contributed by atoms with Crippen LogP contribution in [0.4, 0.5) is 0 Å². The second-order valence-electron chi connectivity index (χ2n) is 3.13. The SMILES string of the molecule is CN=C(N)c1cc(OC)c(C)cc1OC. The number of rotatable bonds is 3. The maximum atomic E-state index is 5.76. The van der Waals surface area contributed by atoms with Crippen LogP contribution in [0, 0.1) is 6.92 Å². The van der Waals surface area contributed by atoms with Gasteiger partial charge in [0.1, 0.15) is 17.3 Å². The van der Waals surface area contributed by atoms with Crippen LogP contribution in [-0.2, 0) is 0 Å². The third kappa shape index (κ3) is 2.21. The summed E-state index contributed by atoms with van der Waals surface area (Å²) in [5.41, 5.74) is 7.51. The zero-order valence-electron chi connectivity index (χ0n) is 9.50. The summed E-state index contributed by atoms with van der Waals surface area (Å²) in [6, 6.07) is 3.71. The Bertz CT molecular complexity index is 386. The van der Waals surface area contributed by atoms with Gasteiger partial charge >= 0.3 is 0 Å². The number of nitrogens with two attached hydrogens (primary N) is 1. The number of aryl methyl sites for hydroxylation is 1. The molecule has 0 saturated heterocycles. The van der Waals surface area contributed by atoms with Gasteiger partial charge in [-0.2, -0.15) is 0 Å². The average Bonchev–Trinajstić information content (AvgIpc) is 2.27. The Morgan fingerprint density at radius 1 is 1.20 bits per heavy atom. The molecule has 0 amide bonds. The Kier molecular flexibility index (Phi) is 3.55. The predicted octanol–water partition coefficient (Wildman–Crippen LogP) is 1.35. The first-order chi connectivity index (χ1) is 7.13. The topological polar surface area (TPSA) is 56.8 Å². The number of methoxy groups -OCH3 is 2. The predicted molar refractivity (Wildman–Crippen MR) is 60.9 cm³/mol. The summed E-state index contributed by atoms with van der Waals surface area (Å²) in [6.45, 7) is 1.95. The van der Waals surface area contributed by atoms with Crippen molar-refractivity contribution in [3.8, 4) is 11.5 Å². The largest absolute Gasteiger partial charge is 0.496 e. The van der Waals surface area contributed by atoms with Gasteiger partial charge in [-0.3, -0.25) is 4.99 Å². The molecule has 82 valence electrons. The molecule has 0 atom stereocenters. The summed E-state index contributed by atoms with van der Waals surface area (Å²) >= 11 is 0. The molecule has 0 bridgehead atoms. The number of aliphatic imine (C=N–C) groups is 1. The van der Waals surface area contributed by atoms with Gasteiger partial charge in [0.05, 0.1) is 19.8 Å². The van der Waals surface area contributed by atoms with Gasteiger partial charge in [0.25, 0.3) is 0 Å². The third-order valence-corrected chi connectivity index (χ3v) is 2.23. The van der Waals surface area contributed by atoms with Crippen LogP contribution >= 0.6 is 0 Å². The maximum absolute atomic E-state index is 5.76. The minimum atomic E-state index is 0.435. The molecule has 0 aromatic heterocycles. The molecule has 0 spiro atoms. The van der Waals surface area contributed by atoms with Crippen LogP contribution in [0.3, 0.4) is 0 Å². The first-order valence-electron chi connectivity index (χ1n) is 4.59. The lowest BCUT2D eigenvalue weighted by molar-refractivity contribution is 0.400. The Balaban J connectivity index is 3.35. The van der Waals surface area contributed by atoms with E-state index in [1.54, 1.807) is 21.3 Å². The van der Waals surface area contributed by atoms with E-state index < -0.39 is 0 Å². The quantitative estimate of drug-likeness (QED) is 0.602. The Hall–Kier alpha value is -1.71. The van der Waals surface area contributed by atoms with Crippen LogP contribution in [0.5, 0.6) is 11.5 Å². The van der Waals surface area contributed by atoms with Crippen molar-refractivity contribution in [2.75, 3.05) is 21.3 Å². The molecule has 0 heterocycles. The number of ether oxygens (including phenoxy) is 2. The third-order valence-electron chi connectivity index (χ3n) is 2.23. The van der Waals surface area contributed by atoms with E-state index in [9.17, 15) is 0 Å². The van der Waals surface area contributed by atoms with Gasteiger partial charge in [0.15, 0.2) is 0 Å². The second kappa shape index (κ2) is 4.68. The van der Waals surface area contributed by atoms with Crippen molar-refractivity contribution in [1.82, 2.24) is 0 Å². The number of amidine groups is 1. The van der Waals surface area contributed by atoms with Crippen LogP contribution in [0.2, 0.25) is 0 Å². The van der Waals surface area contributed by atoms with Gasteiger partial charge in [-0.05, 0) is 24.6 Å². The summed E-state index contributed by atoms with van der Waals surface area (Å²) in [6.07, 6.45) is 0. The van der Waals surface area contributed by atoms with Crippen molar-refractivity contribution in [1.29, 1.82) is 0 Å². The van der Waals surface area contributed by atoms with Crippen LogP contribution in [0.1, 0.15) is 11.1 Å². The molecular formula is C11H16N2O2. The summed E-state index contributed by atoms with van der Waals surface area (Å²) in [5.74, 6) is 1.92. The molecule has 0 fully saturated rings. The molecule has 1 rings (SSSR count). The molecular weight excluding hydrogens is 192 g/mol. The number of benzene rings is 1. The monoisotopic (exact) mass is 208 g/mol. The molecule has 0 aliphatic rings. The molecule has 0 radical (unpaired) electrons. The fourth-order valence-corrected chi connectivity index (χ4v) is 1.37. The summed E-state index contributed by atoms with van der Waals surface area (Å²) in [4.78, 5) is 3.93. The highest BCUT2D eigenvalue weighted by Gasteiger charge is 2.10. The van der Waals surface area contributed by atoms with E-state index in [-0.39, 0.29) is 0 Å². The lowest BCUT2D eigenvalue weighted by Crippen LogP contribution is -2.14. The van der Waals surface area contributed by atoms with Crippen LogP contribution < -0.4 is 15.2 Å². The highest BCUT2D eigenvalue weighted by atomic mass is 16.5. The molecule has 0 aliphatic heterocycles. The zero-order valence-corrected chi connectivity index (χ0v) is 9.50. The van der Waals surface area contributed by atoms with E-state index in [1.165, 1.54) is 0 Å². The van der Waals surface area contributed by atoms with Gasteiger partial charge in [0.2, 0.25) is 0 Å². The minimum Gasteiger partial charge on any atom is -0.496 e. The lowest BCUT2D eigenvalue weighted by Gasteiger charge is -2.12. The van der Waals surface area contributed by atoms with E-state index in [4.69, 9.17) is 15.2 Å². The lowest BCUT2D eigenvalue weighted by atomic mass is 10.1. The number of hydrogen-bond donors (Lipinski definition) is 1. The Morgan fingerprint density at radius 2 is 1.80 bits per heavy atom. The molecule has 1 aromatic carbocycles. The molecule has 2 N–H and O–H groups in total. The van der Waals surface area contributed by atoms with Gasteiger partial charge < -0.3 is 15.2 Å². The molecule has 15 heavy (non-hydrogen) atoms. The minimum absolute atomic E-state index is 0.435. The first kappa shape index (κ1) is 11.4. The maximum Gasteiger partial charge on any atom is 0.130 e. The van der Waals surface area contributed by atoms with E-state index >= 15 is 0 Å². The molecule has 0 aliphatic carbocycles. The smallest absolute Gasteiger partial charge is 0.130 e. The highest BCUT2D eigenvalue weighted by Crippen LogP contribution is 2.27. The molecule has 0 unspecified atom stereocenters. The van der Waals surface area contributed by atoms with Crippen molar-refractivity contribution >= 4 is 5.84 Å². The number of hydrogen-bond acceptors (Lipinski definition) is 3. The van der Waals surface area contributed by atoms with Gasteiger partial charge in [-0.1, -0.05) is 0 Å². The summed E-state index contributed by atoms with van der Waals surface area (Å²) in [7, 11) is 4.87. The Morgan fingerprint density at radius 3 is 2.27 bits per heavy atom. The van der Waals surface area contributed by atoms with Gasteiger partial charge in [0, 0.05) is 7.05 Å². The average molecular weight is 208 g/mol. The highest BCUT2D eigenvalue weighted by molar-refractivity contribution is 6.00. The normalized spacial score (nSPS) is 11.3. The molecule has 4 nitrogen and oxygen atoms in total. The van der Waals surface area contributed by atoms with Crippen molar-refractivity contribution in [2.45, 2.75) is 6.92 Å². The fraction of sp³-hybridized carbons (Fsp3) is 0.364. The fourth-order valence-electron chi connectivity index (χ4n) is 1.37. The zero-order chi connectivity index (χ0) is 11.4. The van der Waals surface area contributed by atoms with Gasteiger partial charge in [-0.25, -0.2) is 0 Å².